The minimum Gasteiger partial charge on any atom is -0.310 e. The van der Waals surface area contributed by atoms with Gasteiger partial charge < -0.3 is 5.32 Å². The molecule has 0 saturated carbocycles. The van der Waals surface area contributed by atoms with Crippen LogP contribution in [0.5, 0.6) is 0 Å². The topological polar surface area (TPSA) is 29.9 Å². The number of hydrogen-bond acceptors (Lipinski definition) is 3. The number of benzene rings is 1. The maximum atomic E-state index is 4.54. The molecular weight excluding hydrogens is 254 g/mol. The first-order chi connectivity index (χ1) is 9.08. The van der Waals surface area contributed by atoms with Crippen molar-refractivity contribution in [2.24, 2.45) is 7.05 Å². The largest absolute Gasteiger partial charge is 0.310 e. The second kappa shape index (κ2) is 6.26. The van der Waals surface area contributed by atoms with Gasteiger partial charge in [0.15, 0.2) is 0 Å². The SMILES string of the molecule is Cc1nn(C)c(Sc2ccccc2)c1CNC(C)C. The van der Waals surface area contributed by atoms with Crippen molar-refractivity contribution in [2.45, 2.75) is 43.3 Å². The third-order valence-corrected chi connectivity index (χ3v) is 4.15. The summed E-state index contributed by atoms with van der Waals surface area (Å²) in [6.45, 7) is 7.27. The van der Waals surface area contributed by atoms with Gasteiger partial charge in [0.25, 0.3) is 0 Å². The molecule has 0 aliphatic heterocycles. The van der Waals surface area contributed by atoms with E-state index in [1.807, 2.05) is 17.8 Å². The Morgan fingerprint density at radius 2 is 1.95 bits per heavy atom. The highest BCUT2D eigenvalue weighted by Crippen LogP contribution is 2.31. The number of aryl methyl sites for hydroxylation is 2. The normalized spacial score (nSPS) is 11.2. The monoisotopic (exact) mass is 275 g/mol. The summed E-state index contributed by atoms with van der Waals surface area (Å²) in [5, 5.41) is 9.24. The molecule has 2 rings (SSSR count). The zero-order chi connectivity index (χ0) is 13.8. The standard InChI is InChI=1S/C15H21N3S/c1-11(2)16-10-14-12(3)17-18(4)15(14)19-13-8-6-5-7-9-13/h5-9,11,16H,10H2,1-4H3. The van der Waals surface area contributed by atoms with Crippen LogP contribution in [0.4, 0.5) is 0 Å². The molecule has 0 aliphatic carbocycles. The lowest BCUT2D eigenvalue weighted by atomic mass is 10.2. The summed E-state index contributed by atoms with van der Waals surface area (Å²) in [6.07, 6.45) is 0. The molecule has 4 heteroatoms. The van der Waals surface area contributed by atoms with E-state index in [-0.39, 0.29) is 0 Å². The van der Waals surface area contributed by atoms with Crippen LogP contribution in [0.15, 0.2) is 40.3 Å². The summed E-state index contributed by atoms with van der Waals surface area (Å²) in [5.74, 6) is 0. The summed E-state index contributed by atoms with van der Waals surface area (Å²) in [6, 6.07) is 10.9. The van der Waals surface area contributed by atoms with Gasteiger partial charge in [0.2, 0.25) is 0 Å². The van der Waals surface area contributed by atoms with Crippen molar-refractivity contribution in [1.82, 2.24) is 15.1 Å². The van der Waals surface area contributed by atoms with Crippen LogP contribution >= 0.6 is 11.8 Å². The van der Waals surface area contributed by atoms with E-state index in [0.29, 0.717) is 6.04 Å². The number of hydrogen-bond donors (Lipinski definition) is 1. The van der Waals surface area contributed by atoms with Crippen molar-refractivity contribution in [2.75, 3.05) is 0 Å². The lowest BCUT2D eigenvalue weighted by Gasteiger charge is -2.10. The van der Waals surface area contributed by atoms with Gasteiger partial charge in [-0.3, -0.25) is 4.68 Å². The van der Waals surface area contributed by atoms with Gasteiger partial charge in [-0.1, -0.05) is 43.8 Å². The molecule has 1 heterocycles. The van der Waals surface area contributed by atoms with Crippen molar-refractivity contribution < 1.29 is 0 Å². The lowest BCUT2D eigenvalue weighted by Crippen LogP contribution is -2.22. The van der Waals surface area contributed by atoms with Gasteiger partial charge in [-0.25, -0.2) is 0 Å². The van der Waals surface area contributed by atoms with E-state index < -0.39 is 0 Å². The van der Waals surface area contributed by atoms with Crippen LogP contribution in [0.1, 0.15) is 25.1 Å². The van der Waals surface area contributed by atoms with Gasteiger partial charge in [-0.2, -0.15) is 5.10 Å². The first-order valence-corrected chi connectivity index (χ1v) is 7.38. The van der Waals surface area contributed by atoms with E-state index in [9.17, 15) is 0 Å². The molecule has 0 unspecified atom stereocenters. The summed E-state index contributed by atoms with van der Waals surface area (Å²) < 4.78 is 1.98. The molecule has 102 valence electrons. The second-order valence-corrected chi connectivity index (χ2v) is 6.01. The molecule has 0 amide bonds. The Morgan fingerprint density at radius 3 is 2.58 bits per heavy atom. The Balaban J connectivity index is 2.23. The van der Waals surface area contributed by atoms with Crippen molar-refractivity contribution in [3.05, 3.63) is 41.6 Å². The molecule has 0 spiro atoms. The average Bonchev–Trinajstić information content (AvgIpc) is 2.63. The molecule has 0 radical (unpaired) electrons. The van der Waals surface area contributed by atoms with Crippen LogP contribution in [0.3, 0.4) is 0 Å². The average molecular weight is 275 g/mol. The second-order valence-electron chi connectivity index (χ2n) is 4.94. The third kappa shape index (κ3) is 3.61. The Hall–Kier alpha value is -1.26. The quantitative estimate of drug-likeness (QED) is 0.907. The van der Waals surface area contributed by atoms with Crippen LogP contribution < -0.4 is 5.32 Å². The number of aromatic nitrogens is 2. The predicted octanol–water partition coefficient (Wildman–Crippen LogP) is 3.38. The maximum absolute atomic E-state index is 4.54. The first-order valence-electron chi connectivity index (χ1n) is 6.56. The van der Waals surface area contributed by atoms with E-state index in [2.05, 4.69) is 55.5 Å². The van der Waals surface area contributed by atoms with Crippen LogP contribution in [0.2, 0.25) is 0 Å². The van der Waals surface area contributed by atoms with Gasteiger partial charge in [0.1, 0.15) is 5.03 Å². The lowest BCUT2D eigenvalue weighted by molar-refractivity contribution is 0.580. The Morgan fingerprint density at radius 1 is 1.26 bits per heavy atom. The summed E-state index contributed by atoms with van der Waals surface area (Å²) in [4.78, 5) is 1.25. The molecule has 3 nitrogen and oxygen atoms in total. The van der Waals surface area contributed by atoms with E-state index in [4.69, 9.17) is 0 Å². The summed E-state index contributed by atoms with van der Waals surface area (Å²) >= 11 is 1.77. The molecule has 0 atom stereocenters. The van der Waals surface area contributed by atoms with Gasteiger partial charge in [-0.15, -0.1) is 0 Å². The zero-order valence-corrected chi connectivity index (χ0v) is 12.8. The molecule has 1 N–H and O–H groups in total. The molecule has 0 bridgehead atoms. The van der Waals surface area contributed by atoms with Crippen molar-refractivity contribution >= 4 is 11.8 Å². The minimum absolute atomic E-state index is 0.481. The van der Waals surface area contributed by atoms with Crippen molar-refractivity contribution in [3.8, 4) is 0 Å². The third-order valence-electron chi connectivity index (χ3n) is 2.93. The van der Waals surface area contributed by atoms with E-state index in [1.165, 1.54) is 15.5 Å². The number of nitrogens with zero attached hydrogens (tertiary/aromatic N) is 2. The molecule has 0 saturated heterocycles. The van der Waals surface area contributed by atoms with Gasteiger partial charge in [0, 0.05) is 30.1 Å². The highest BCUT2D eigenvalue weighted by Gasteiger charge is 2.14. The maximum Gasteiger partial charge on any atom is 0.103 e. The summed E-state index contributed by atoms with van der Waals surface area (Å²) in [7, 11) is 2.01. The molecule has 2 aromatic rings. The Bertz CT molecular complexity index is 532. The first kappa shape index (κ1) is 14.2. The molecule has 0 fully saturated rings. The van der Waals surface area contributed by atoms with E-state index in [0.717, 1.165) is 12.2 Å². The van der Waals surface area contributed by atoms with Gasteiger partial charge in [-0.05, 0) is 19.1 Å². The minimum atomic E-state index is 0.481. The molecule has 0 aliphatic rings. The highest BCUT2D eigenvalue weighted by atomic mass is 32.2. The number of rotatable bonds is 5. The molecule has 1 aromatic heterocycles. The van der Waals surface area contributed by atoms with Crippen LogP contribution in [0.25, 0.3) is 0 Å². The number of nitrogens with one attached hydrogen (secondary N) is 1. The molecule has 19 heavy (non-hydrogen) atoms. The van der Waals surface area contributed by atoms with Crippen LogP contribution in [-0.4, -0.2) is 15.8 Å². The highest BCUT2D eigenvalue weighted by molar-refractivity contribution is 7.99. The Labute approximate surface area is 119 Å². The fourth-order valence-corrected chi connectivity index (χ4v) is 2.95. The fourth-order valence-electron chi connectivity index (χ4n) is 1.92. The van der Waals surface area contributed by atoms with Crippen molar-refractivity contribution in [1.29, 1.82) is 0 Å². The molecule has 1 aromatic carbocycles. The van der Waals surface area contributed by atoms with Gasteiger partial charge >= 0.3 is 0 Å². The van der Waals surface area contributed by atoms with Crippen LogP contribution in [-0.2, 0) is 13.6 Å². The summed E-state index contributed by atoms with van der Waals surface area (Å²) in [5.41, 5.74) is 2.40. The van der Waals surface area contributed by atoms with Gasteiger partial charge in [0.05, 0.1) is 5.69 Å². The molecular formula is C15H21N3S. The smallest absolute Gasteiger partial charge is 0.103 e. The fraction of sp³-hybridized carbons (Fsp3) is 0.400. The predicted molar refractivity (Wildman–Crippen MR) is 80.5 cm³/mol. The zero-order valence-electron chi connectivity index (χ0n) is 12.0. The van der Waals surface area contributed by atoms with Crippen LogP contribution in [0, 0.1) is 6.92 Å². The van der Waals surface area contributed by atoms with E-state index >= 15 is 0 Å². The Kier molecular flexibility index (Phi) is 4.66. The van der Waals surface area contributed by atoms with Crippen molar-refractivity contribution in [3.63, 3.8) is 0 Å². The van der Waals surface area contributed by atoms with E-state index in [1.54, 1.807) is 11.8 Å².